The van der Waals surface area contributed by atoms with Crippen molar-refractivity contribution in [2.24, 2.45) is 0 Å². The lowest BCUT2D eigenvalue weighted by Crippen LogP contribution is -2.47. The molecule has 140 valence electrons. The maximum absolute atomic E-state index is 12.6. The number of hydrogen-bond donors (Lipinski definition) is 1. The first-order valence-corrected chi connectivity index (χ1v) is 10.3. The second-order valence-electron chi connectivity index (χ2n) is 6.71. The maximum atomic E-state index is 12.6. The molecule has 1 unspecified atom stereocenters. The number of amides is 1. The molecule has 0 bridgehead atoms. The molecule has 0 aromatic heterocycles. The summed E-state index contributed by atoms with van der Waals surface area (Å²) in [4.78, 5) is 12.6. The molecule has 5 nitrogen and oxygen atoms in total. The van der Waals surface area contributed by atoms with Crippen LogP contribution >= 0.6 is 0 Å². The highest BCUT2D eigenvalue weighted by atomic mass is 32.2. The largest absolute Gasteiger partial charge is 0.350 e. The van der Waals surface area contributed by atoms with Crippen LogP contribution in [-0.2, 0) is 21.4 Å². The van der Waals surface area contributed by atoms with E-state index in [1.807, 2.05) is 51.1 Å². The molecule has 0 saturated carbocycles. The average Bonchev–Trinajstić information content (AvgIpc) is 2.55. The zero-order chi connectivity index (χ0) is 19.5. The predicted octanol–water partition coefficient (Wildman–Crippen LogP) is 3.08. The van der Waals surface area contributed by atoms with Gasteiger partial charge < -0.3 is 5.32 Å². The highest BCUT2D eigenvalue weighted by Gasteiger charge is 2.29. The van der Waals surface area contributed by atoms with E-state index < -0.39 is 16.1 Å². The Kier molecular flexibility index (Phi) is 6.08. The van der Waals surface area contributed by atoms with Crippen molar-refractivity contribution in [3.8, 4) is 0 Å². The van der Waals surface area contributed by atoms with Crippen LogP contribution in [0.3, 0.4) is 0 Å². The Morgan fingerprint density at radius 3 is 2.35 bits per heavy atom. The van der Waals surface area contributed by atoms with E-state index in [1.54, 1.807) is 19.1 Å². The maximum Gasteiger partial charge on any atom is 0.243 e. The fourth-order valence-electron chi connectivity index (χ4n) is 2.83. The van der Waals surface area contributed by atoms with E-state index in [-0.39, 0.29) is 5.91 Å². The lowest BCUT2D eigenvalue weighted by atomic mass is 10.1. The van der Waals surface area contributed by atoms with Gasteiger partial charge in [0.05, 0.1) is 11.9 Å². The SMILES string of the molecule is Cc1cccc(CNC(=O)C(C)N(c2ccc(C)c(C)c2)S(C)(=O)=O)c1. The summed E-state index contributed by atoms with van der Waals surface area (Å²) < 4.78 is 25.8. The molecule has 2 aromatic rings. The number of carbonyl (C=O) groups is 1. The van der Waals surface area contributed by atoms with Gasteiger partial charge in [-0.1, -0.05) is 35.9 Å². The van der Waals surface area contributed by atoms with E-state index in [9.17, 15) is 13.2 Å². The molecule has 0 aliphatic rings. The van der Waals surface area contributed by atoms with Gasteiger partial charge in [-0.25, -0.2) is 8.42 Å². The van der Waals surface area contributed by atoms with Gasteiger partial charge in [-0.2, -0.15) is 0 Å². The number of nitrogens with zero attached hydrogens (tertiary/aromatic N) is 1. The molecule has 0 fully saturated rings. The quantitative estimate of drug-likeness (QED) is 0.845. The topological polar surface area (TPSA) is 66.5 Å². The molecule has 1 atom stereocenters. The van der Waals surface area contributed by atoms with Gasteiger partial charge in [0.2, 0.25) is 15.9 Å². The third-order valence-corrected chi connectivity index (χ3v) is 5.62. The van der Waals surface area contributed by atoms with Crippen molar-refractivity contribution in [2.45, 2.75) is 40.3 Å². The first-order chi connectivity index (χ1) is 12.1. The van der Waals surface area contributed by atoms with Gasteiger partial charge in [0.15, 0.2) is 0 Å². The van der Waals surface area contributed by atoms with E-state index in [0.29, 0.717) is 12.2 Å². The number of aryl methyl sites for hydroxylation is 3. The molecule has 26 heavy (non-hydrogen) atoms. The van der Waals surface area contributed by atoms with Crippen molar-refractivity contribution in [1.82, 2.24) is 5.32 Å². The fraction of sp³-hybridized carbons (Fsp3) is 0.350. The van der Waals surface area contributed by atoms with Crippen LogP contribution in [0.25, 0.3) is 0 Å². The van der Waals surface area contributed by atoms with Crippen LogP contribution in [0.1, 0.15) is 29.2 Å². The number of anilines is 1. The van der Waals surface area contributed by atoms with Crippen LogP contribution in [0.4, 0.5) is 5.69 Å². The van der Waals surface area contributed by atoms with Gasteiger partial charge in [0.25, 0.3) is 0 Å². The number of benzene rings is 2. The van der Waals surface area contributed by atoms with Crippen molar-refractivity contribution in [1.29, 1.82) is 0 Å². The molecular weight excluding hydrogens is 348 g/mol. The first kappa shape index (κ1) is 20.0. The molecule has 0 radical (unpaired) electrons. The lowest BCUT2D eigenvalue weighted by molar-refractivity contribution is -0.122. The van der Waals surface area contributed by atoms with E-state index in [0.717, 1.165) is 28.5 Å². The molecule has 2 rings (SSSR count). The Balaban J connectivity index is 2.22. The summed E-state index contributed by atoms with van der Waals surface area (Å²) in [6.45, 7) is 7.82. The van der Waals surface area contributed by atoms with E-state index >= 15 is 0 Å². The molecule has 0 aliphatic heterocycles. The normalized spacial score (nSPS) is 12.5. The van der Waals surface area contributed by atoms with E-state index in [1.165, 1.54) is 4.31 Å². The Morgan fingerprint density at radius 2 is 1.77 bits per heavy atom. The number of carbonyl (C=O) groups excluding carboxylic acids is 1. The smallest absolute Gasteiger partial charge is 0.243 e. The monoisotopic (exact) mass is 374 g/mol. The number of sulfonamides is 1. The average molecular weight is 375 g/mol. The van der Waals surface area contributed by atoms with Crippen molar-refractivity contribution in [3.05, 3.63) is 64.7 Å². The third-order valence-electron chi connectivity index (χ3n) is 4.38. The molecule has 0 aliphatic carbocycles. The lowest BCUT2D eigenvalue weighted by Gasteiger charge is -2.28. The van der Waals surface area contributed by atoms with Crippen LogP contribution in [0.5, 0.6) is 0 Å². The molecule has 0 spiro atoms. The Bertz CT molecular complexity index is 907. The molecule has 1 N–H and O–H groups in total. The highest BCUT2D eigenvalue weighted by molar-refractivity contribution is 7.92. The van der Waals surface area contributed by atoms with Gasteiger partial charge in [-0.05, 0) is 56.5 Å². The number of hydrogen-bond acceptors (Lipinski definition) is 3. The summed E-state index contributed by atoms with van der Waals surface area (Å²) in [5, 5.41) is 2.83. The fourth-order valence-corrected chi connectivity index (χ4v) is 4.00. The Morgan fingerprint density at radius 1 is 1.08 bits per heavy atom. The molecule has 6 heteroatoms. The third kappa shape index (κ3) is 4.85. The zero-order valence-corrected chi connectivity index (χ0v) is 16.7. The van der Waals surface area contributed by atoms with Gasteiger partial charge >= 0.3 is 0 Å². The van der Waals surface area contributed by atoms with Crippen molar-refractivity contribution in [2.75, 3.05) is 10.6 Å². The number of rotatable bonds is 6. The molecular formula is C20H26N2O3S. The summed E-state index contributed by atoms with van der Waals surface area (Å²) in [7, 11) is -3.61. The molecule has 2 aromatic carbocycles. The Hall–Kier alpha value is -2.34. The Labute approximate surface area is 156 Å². The standard InChI is InChI=1S/C20H26N2O3S/c1-14-7-6-8-18(11-14)13-21-20(23)17(4)22(26(5,24)25)19-10-9-15(2)16(3)12-19/h6-12,17H,13H2,1-5H3,(H,21,23). The van der Waals surface area contributed by atoms with Crippen molar-refractivity contribution >= 4 is 21.6 Å². The molecule has 0 heterocycles. The number of nitrogens with one attached hydrogen (secondary N) is 1. The van der Waals surface area contributed by atoms with Crippen LogP contribution < -0.4 is 9.62 Å². The van der Waals surface area contributed by atoms with Crippen LogP contribution in [0.2, 0.25) is 0 Å². The van der Waals surface area contributed by atoms with E-state index in [4.69, 9.17) is 0 Å². The molecule has 1 amide bonds. The van der Waals surface area contributed by atoms with Gasteiger partial charge in [-0.15, -0.1) is 0 Å². The minimum absolute atomic E-state index is 0.338. The second kappa shape index (κ2) is 7.91. The van der Waals surface area contributed by atoms with Gasteiger partial charge in [0.1, 0.15) is 6.04 Å². The minimum atomic E-state index is -3.61. The summed E-state index contributed by atoms with van der Waals surface area (Å²) in [5.74, 6) is -0.338. The zero-order valence-electron chi connectivity index (χ0n) is 15.9. The van der Waals surface area contributed by atoms with Gasteiger partial charge in [-0.3, -0.25) is 9.10 Å². The van der Waals surface area contributed by atoms with Gasteiger partial charge in [0, 0.05) is 6.54 Å². The van der Waals surface area contributed by atoms with Crippen LogP contribution in [0, 0.1) is 20.8 Å². The summed E-state index contributed by atoms with van der Waals surface area (Å²) in [6.07, 6.45) is 1.12. The summed E-state index contributed by atoms with van der Waals surface area (Å²) in [6, 6.07) is 12.4. The van der Waals surface area contributed by atoms with Crippen LogP contribution in [0.15, 0.2) is 42.5 Å². The van der Waals surface area contributed by atoms with E-state index in [2.05, 4.69) is 5.32 Å². The summed E-state index contributed by atoms with van der Waals surface area (Å²) in [5.41, 5.74) is 4.62. The minimum Gasteiger partial charge on any atom is -0.350 e. The van der Waals surface area contributed by atoms with Crippen molar-refractivity contribution in [3.63, 3.8) is 0 Å². The summed E-state index contributed by atoms with van der Waals surface area (Å²) >= 11 is 0. The predicted molar refractivity (Wildman–Crippen MR) is 106 cm³/mol. The van der Waals surface area contributed by atoms with Crippen molar-refractivity contribution < 1.29 is 13.2 Å². The second-order valence-corrected chi connectivity index (χ2v) is 8.57. The molecule has 0 saturated heterocycles. The first-order valence-electron chi connectivity index (χ1n) is 8.49. The highest BCUT2D eigenvalue weighted by Crippen LogP contribution is 2.23. The van der Waals surface area contributed by atoms with Crippen LogP contribution in [-0.4, -0.2) is 26.6 Å².